The van der Waals surface area contributed by atoms with E-state index < -0.39 is 35.2 Å². The Hall–Kier alpha value is -2.69. The van der Waals surface area contributed by atoms with Crippen molar-refractivity contribution >= 4 is 35.2 Å². The van der Waals surface area contributed by atoms with E-state index in [0.717, 1.165) is 6.20 Å². The van der Waals surface area contributed by atoms with E-state index in [9.17, 15) is 24.5 Å². The molecule has 0 radical (unpaired) electrons. The summed E-state index contributed by atoms with van der Waals surface area (Å²) in [4.78, 5) is 47.0. The largest absolute Gasteiger partial charge is 0.480 e. The number of aliphatic carboxylic acids is 1. The van der Waals surface area contributed by atoms with Crippen molar-refractivity contribution in [3.05, 3.63) is 28.4 Å². The monoisotopic (exact) mass is 342 g/mol. The molecule has 0 aliphatic carbocycles. The molecule has 1 aromatic rings. The maximum absolute atomic E-state index is 11.6. The average Bonchev–Trinajstić information content (AvgIpc) is 2.46. The van der Waals surface area contributed by atoms with Gasteiger partial charge in [-0.15, -0.1) is 11.8 Å². The molecule has 0 saturated carbocycles. The molecule has 1 unspecified atom stereocenters. The molecular weight excluding hydrogens is 328 g/mol. The van der Waals surface area contributed by atoms with Crippen molar-refractivity contribution in [3.63, 3.8) is 0 Å². The van der Waals surface area contributed by atoms with Crippen molar-refractivity contribution in [2.75, 3.05) is 5.75 Å². The van der Waals surface area contributed by atoms with E-state index in [4.69, 9.17) is 10.8 Å². The van der Waals surface area contributed by atoms with Gasteiger partial charge < -0.3 is 16.2 Å². The molecule has 1 heterocycles. The van der Waals surface area contributed by atoms with Gasteiger partial charge in [-0.05, 0) is 6.07 Å². The van der Waals surface area contributed by atoms with Gasteiger partial charge in [0.15, 0.2) is 0 Å². The van der Waals surface area contributed by atoms with E-state index in [1.165, 1.54) is 23.9 Å². The second-order valence-corrected chi connectivity index (χ2v) is 5.45. The van der Waals surface area contributed by atoms with Crippen LogP contribution >= 0.6 is 11.8 Å². The van der Waals surface area contributed by atoms with Gasteiger partial charge in [-0.3, -0.25) is 19.7 Å². The second-order valence-electron chi connectivity index (χ2n) is 4.34. The van der Waals surface area contributed by atoms with E-state index in [1.54, 1.807) is 0 Å². The van der Waals surface area contributed by atoms with Gasteiger partial charge in [-0.1, -0.05) is 0 Å². The summed E-state index contributed by atoms with van der Waals surface area (Å²) in [5, 5.41) is 22.0. The smallest absolute Gasteiger partial charge is 0.326 e. The van der Waals surface area contributed by atoms with Gasteiger partial charge in [0, 0.05) is 18.2 Å². The number of hydrogen-bond donors (Lipinski definition) is 3. The molecule has 1 atom stereocenters. The van der Waals surface area contributed by atoms with Crippen LogP contribution in [-0.4, -0.2) is 44.6 Å². The van der Waals surface area contributed by atoms with Crippen molar-refractivity contribution in [1.82, 2.24) is 10.3 Å². The number of carboxylic acids is 1. The summed E-state index contributed by atoms with van der Waals surface area (Å²) in [6.07, 6.45) is 0.611. The summed E-state index contributed by atoms with van der Waals surface area (Å²) >= 11 is 1.18. The predicted molar refractivity (Wildman–Crippen MR) is 79.6 cm³/mol. The fourth-order valence-electron chi connectivity index (χ4n) is 1.48. The Morgan fingerprint density at radius 1 is 1.43 bits per heavy atom. The van der Waals surface area contributed by atoms with Crippen LogP contribution in [0.2, 0.25) is 0 Å². The molecule has 1 aromatic heterocycles. The SMILES string of the molecule is NC(=O)CC(NC(=O)CCSc1ccc([N+](=O)[O-])cn1)C(=O)O. The average molecular weight is 342 g/mol. The van der Waals surface area contributed by atoms with Gasteiger partial charge in [0.1, 0.15) is 12.2 Å². The number of nitrogens with two attached hydrogens (primary N) is 1. The maximum atomic E-state index is 11.6. The highest BCUT2D eigenvalue weighted by Gasteiger charge is 2.21. The van der Waals surface area contributed by atoms with Crippen molar-refractivity contribution in [3.8, 4) is 0 Å². The highest BCUT2D eigenvalue weighted by Crippen LogP contribution is 2.18. The van der Waals surface area contributed by atoms with Gasteiger partial charge in [-0.2, -0.15) is 0 Å². The lowest BCUT2D eigenvalue weighted by molar-refractivity contribution is -0.385. The van der Waals surface area contributed by atoms with Crippen molar-refractivity contribution < 1.29 is 24.4 Å². The topological polar surface area (TPSA) is 166 Å². The summed E-state index contributed by atoms with van der Waals surface area (Å²) < 4.78 is 0. The molecule has 0 saturated heterocycles. The fourth-order valence-corrected chi connectivity index (χ4v) is 2.27. The number of nitrogens with one attached hydrogen (secondary N) is 1. The Bertz CT molecular complexity index is 606. The summed E-state index contributed by atoms with van der Waals surface area (Å²) in [6, 6.07) is 1.39. The number of nitrogens with zero attached hydrogens (tertiary/aromatic N) is 2. The van der Waals surface area contributed by atoms with E-state index >= 15 is 0 Å². The first-order valence-corrected chi connectivity index (χ1v) is 7.32. The molecular formula is C12H14N4O6S. The molecule has 0 aliphatic rings. The van der Waals surface area contributed by atoms with Crippen LogP contribution in [0.25, 0.3) is 0 Å². The van der Waals surface area contributed by atoms with Crippen LogP contribution in [0.1, 0.15) is 12.8 Å². The predicted octanol–water partition coefficient (Wildman–Crippen LogP) is -0.0832. The lowest BCUT2D eigenvalue weighted by atomic mass is 10.2. The van der Waals surface area contributed by atoms with Crippen LogP contribution < -0.4 is 11.1 Å². The molecule has 1 rings (SSSR count). The molecule has 11 heteroatoms. The molecule has 23 heavy (non-hydrogen) atoms. The zero-order valence-corrected chi connectivity index (χ0v) is 12.6. The summed E-state index contributed by atoms with van der Waals surface area (Å²) in [5.41, 5.74) is 4.77. The third-order valence-electron chi connectivity index (χ3n) is 2.55. The third-order valence-corrected chi connectivity index (χ3v) is 3.49. The van der Waals surface area contributed by atoms with Crippen molar-refractivity contribution in [2.24, 2.45) is 5.73 Å². The number of pyridine rings is 1. The van der Waals surface area contributed by atoms with Crippen LogP contribution in [0.3, 0.4) is 0 Å². The van der Waals surface area contributed by atoms with Gasteiger partial charge in [0.2, 0.25) is 11.8 Å². The van der Waals surface area contributed by atoms with Gasteiger partial charge in [0.05, 0.1) is 16.4 Å². The second kappa shape index (κ2) is 8.68. The Labute approximate surface area is 134 Å². The zero-order chi connectivity index (χ0) is 17.4. The zero-order valence-electron chi connectivity index (χ0n) is 11.8. The normalized spacial score (nSPS) is 11.5. The Morgan fingerprint density at radius 3 is 2.61 bits per heavy atom. The molecule has 10 nitrogen and oxygen atoms in total. The summed E-state index contributed by atoms with van der Waals surface area (Å²) in [5.74, 6) is -2.43. The van der Waals surface area contributed by atoms with E-state index in [0.29, 0.717) is 10.8 Å². The Morgan fingerprint density at radius 2 is 2.13 bits per heavy atom. The molecule has 124 valence electrons. The number of nitro groups is 1. The molecule has 2 amide bonds. The highest BCUT2D eigenvalue weighted by atomic mass is 32.2. The van der Waals surface area contributed by atoms with Crippen molar-refractivity contribution in [2.45, 2.75) is 23.9 Å². The van der Waals surface area contributed by atoms with Crippen LogP contribution in [0.4, 0.5) is 5.69 Å². The number of aromatic nitrogens is 1. The highest BCUT2D eigenvalue weighted by molar-refractivity contribution is 7.99. The number of amides is 2. The Balaban J connectivity index is 2.42. The number of carbonyl (C=O) groups is 3. The van der Waals surface area contributed by atoms with Crippen LogP contribution in [-0.2, 0) is 14.4 Å². The number of hydrogen-bond acceptors (Lipinski definition) is 7. The molecule has 4 N–H and O–H groups in total. The molecule has 0 fully saturated rings. The molecule has 0 spiro atoms. The van der Waals surface area contributed by atoms with E-state index in [1.807, 2.05) is 0 Å². The first kappa shape index (κ1) is 18.4. The Kier molecular flexibility index (Phi) is 6.93. The minimum absolute atomic E-state index is 0.00806. The number of rotatable bonds is 9. The lowest BCUT2D eigenvalue weighted by Gasteiger charge is -2.12. The minimum atomic E-state index is -1.36. The quantitative estimate of drug-likeness (QED) is 0.318. The summed E-state index contributed by atoms with van der Waals surface area (Å²) in [6.45, 7) is 0. The van der Waals surface area contributed by atoms with E-state index in [2.05, 4.69) is 10.3 Å². The number of carbonyl (C=O) groups excluding carboxylic acids is 2. The standard InChI is InChI=1S/C12H14N4O6S/c13-9(17)5-8(12(19)20)15-10(18)3-4-23-11-2-1-7(6-14-11)16(21)22/h1-2,6,8H,3-5H2,(H2,13,17)(H,15,18)(H,19,20). The van der Waals surface area contributed by atoms with E-state index in [-0.39, 0.29) is 12.1 Å². The fraction of sp³-hybridized carbons (Fsp3) is 0.333. The molecule has 0 aliphatic heterocycles. The van der Waals surface area contributed by atoms with Gasteiger partial charge in [-0.25, -0.2) is 9.78 Å². The number of carboxylic acid groups (broad SMARTS) is 1. The number of primary amides is 1. The van der Waals surface area contributed by atoms with Crippen LogP contribution in [0, 0.1) is 10.1 Å². The maximum Gasteiger partial charge on any atom is 0.326 e. The lowest BCUT2D eigenvalue weighted by Crippen LogP contribution is -2.43. The van der Waals surface area contributed by atoms with Crippen molar-refractivity contribution in [1.29, 1.82) is 0 Å². The number of thioether (sulfide) groups is 1. The first-order valence-electron chi connectivity index (χ1n) is 6.33. The molecule has 0 aromatic carbocycles. The van der Waals surface area contributed by atoms with Crippen LogP contribution in [0.5, 0.6) is 0 Å². The van der Waals surface area contributed by atoms with Gasteiger partial charge in [0.25, 0.3) is 5.69 Å². The first-order chi connectivity index (χ1) is 10.8. The minimum Gasteiger partial charge on any atom is -0.480 e. The third kappa shape index (κ3) is 6.74. The summed E-state index contributed by atoms with van der Waals surface area (Å²) in [7, 11) is 0. The van der Waals surface area contributed by atoms with Gasteiger partial charge >= 0.3 is 5.97 Å². The molecule has 0 bridgehead atoms. The van der Waals surface area contributed by atoms with Crippen LogP contribution in [0.15, 0.2) is 23.4 Å².